The summed E-state index contributed by atoms with van der Waals surface area (Å²) in [5.74, 6) is -0.402. The fourth-order valence-corrected chi connectivity index (χ4v) is 2.51. The van der Waals surface area contributed by atoms with Crippen molar-refractivity contribution in [3.05, 3.63) is 71.3 Å². The molecule has 0 radical (unpaired) electrons. The number of amides is 3. The van der Waals surface area contributed by atoms with Crippen LogP contribution in [0.15, 0.2) is 54.6 Å². The van der Waals surface area contributed by atoms with Crippen molar-refractivity contribution < 1.29 is 14.8 Å². The molecule has 4 N–H and O–H groups in total. The van der Waals surface area contributed by atoms with Gasteiger partial charge in [0, 0.05) is 12.1 Å². The second-order valence-electron chi connectivity index (χ2n) is 6.10. The number of carbonyl (C=O) groups is 2. The molecule has 0 fully saturated rings. The number of rotatable bonds is 6. The van der Waals surface area contributed by atoms with Gasteiger partial charge in [0.1, 0.15) is 0 Å². The van der Waals surface area contributed by atoms with Crippen LogP contribution in [-0.4, -0.2) is 17.1 Å². The van der Waals surface area contributed by atoms with Gasteiger partial charge in [-0.25, -0.2) is 10.3 Å². The van der Waals surface area contributed by atoms with E-state index in [2.05, 4.69) is 10.6 Å². The number of hydrogen-bond acceptors (Lipinski definition) is 3. The first-order valence-corrected chi connectivity index (χ1v) is 8.14. The second-order valence-corrected chi connectivity index (χ2v) is 6.10. The van der Waals surface area contributed by atoms with Crippen molar-refractivity contribution in [1.82, 2.24) is 16.1 Å². The monoisotopic (exact) mass is 341 g/mol. The molecule has 6 nitrogen and oxygen atoms in total. The summed E-state index contributed by atoms with van der Waals surface area (Å²) in [7, 11) is 0. The summed E-state index contributed by atoms with van der Waals surface area (Å²) in [6.07, 6.45) is 0. The minimum atomic E-state index is -0.568. The molecule has 1 atom stereocenters. The van der Waals surface area contributed by atoms with Crippen LogP contribution < -0.4 is 16.1 Å². The minimum Gasteiger partial charge on any atom is -0.334 e. The lowest BCUT2D eigenvalue weighted by atomic mass is 9.95. The third-order valence-corrected chi connectivity index (χ3v) is 3.88. The average Bonchev–Trinajstić information content (AvgIpc) is 2.64. The quantitative estimate of drug-likeness (QED) is 0.481. The molecule has 0 saturated carbocycles. The minimum absolute atomic E-state index is 0.167. The highest BCUT2D eigenvalue weighted by Crippen LogP contribution is 2.22. The Morgan fingerprint density at radius 1 is 1.00 bits per heavy atom. The molecule has 2 rings (SSSR count). The smallest absolute Gasteiger partial charge is 0.315 e. The van der Waals surface area contributed by atoms with Crippen LogP contribution in [-0.2, 0) is 6.54 Å². The Hall–Kier alpha value is -2.86. The third kappa shape index (κ3) is 5.32. The lowest BCUT2D eigenvalue weighted by Crippen LogP contribution is -2.39. The largest absolute Gasteiger partial charge is 0.334 e. The summed E-state index contributed by atoms with van der Waals surface area (Å²) >= 11 is 0. The molecular weight excluding hydrogens is 318 g/mol. The maximum absolute atomic E-state index is 12.2. The summed E-state index contributed by atoms with van der Waals surface area (Å²) in [5.41, 5.74) is 3.86. The third-order valence-electron chi connectivity index (χ3n) is 3.88. The van der Waals surface area contributed by atoms with Gasteiger partial charge in [-0.2, -0.15) is 0 Å². The second kappa shape index (κ2) is 8.84. The van der Waals surface area contributed by atoms with Gasteiger partial charge in [-0.05, 0) is 29.2 Å². The zero-order valence-corrected chi connectivity index (χ0v) is 14.3. The van der Waals surface area contributed by atoms with Crippen LogP contribution >= 0.6 is 0 Å². The maximum Gasteiger partial charge on any atom is 0.315 e. The van der Waals surface area contributed by atoms with Gasteiger partial charge >= 0.3 is 6.03 Å². The highest BCUT2D eigenvalue weighted by Gasteiger charge is 2.18. The fraction of sp³-hybridized carbons (Fsp3) is 0.263. The molecule has 0 aromatic heterocycles. The molecule has 0 heterocycles. The highest BCUT2D eigenvalue weighted by atomic mass is 16.5. The molecular formula is C19H23N3O3. The first-order chi connectivity index (χ1) is 12.0. The van der Waals surface area contributed by atoms with E-state index in [1.54, 1.807) is 29.7 Å². The van der Waals surface area contributed by atoms with Crippen LogP contribution in [0.2, 0.25) is 0 Å². The Bertz CT molecular complexity index is 700. The number of benzene rings is 2. The van der Waals surface area contributed by atoms with Gasteiger partial charge in [0.2, 0.25) is 0 Å². The van der Waals surface area contributed by atoms with Crippen LogP contribution in [0.25, 0.3) is 0 Å². The van der Waals surface area contributed by atoms with E-state index in [9.17, 15) is 9.59 Å². The van der Waals surface area contributed by atoms with E-state index in [0.29, 0.717) is 12.1 Å². The lowest BCUT2D eigenvalue weighted by Gasteiger charge is -2.23. The van der Waals surface area contributed by atoms with Crippen molar-refractivity contribution in [2.24, 2.45) is 5.92 Å². The fourth-order valence-electron chi connectivity index (χ4n) is 2.51. The van der Waals surface area contributed by atoms with Crippen molar-refractivity contribution in [3.8, 4) is 0 Å². The number of nitrogens with one attached hydrogen (secondary N) is 3. The van der Waals surface area contributed by atoms with Crippen molar-refractivity contribution in [2.75, 3.05) is 0 Å². The van der Waals surface area contributed by atoms with E-state index in [-0.39, 0.29) is 18.0 Å². The number of urea groups is 1. The standard InChI is InChI=1S/C19H23N3O3/c1-13(2)17(15-8-10-16(11-9-15)18(23)22-25)21-19(24)20-12-14-6-4-3-5-7-14/h3-11,13,17,25H,12H2,1-2H3,(H,22,23)(H2,20,21,24)/t17-/m1/s1. The van der Waals surface area contributed by atoms with Gasteiger partial charge in [-0.15, -0.1) is 0 Å². The van der Waals surface area contributed by atoms with E-state index in [1.165, 1.54) is 0 Å². The van der Waals surface area contributed by atoms with E-state index < -0.39 is 5.91 Å². The van der Waals surface area contributed by atoms with Gasteiger partial charge in [0.25, 0.3) is 5.91 Å². The summed E-state index contributed by atoms with van der Waals surface area (Å²) in [5, 5.41) is 14.5. The molecule has 132 valence electrons. The molecule has 0 aliphatic carbocycles. The zero-order chi connectivity index (χ0) is 18.2. The summed E-state index contributed by atoms with van der Waals surface area (Å²) in [6.45, 7) is 4.47. The molecule has 0 aliphatic heterocycles. The predicted molar refractivity (Wildman–Crippen MR) is 95.1 cm³/mol. The molecule has 2 aromatic carbocycles. The number of hydrogen-bond donors (Lipinski definition) is 4. The van der Waals surface area contributed by atoms with Gasteiger partial charge in [0.05, 0.1) is 6.04 Å². The molecule has 0 unspecified atom stereocenters. The van der Waals surface area contributed by atoms with E-state index in [0.717, 1.165) is 11.1 Å². The van der Waals surface area contributed by atoms with E-state index in [4.69, 9.17) is 5.21 Å². The Morgan fingerprint density at radius 3 is 2.20 bits per heavy atom. The summed E-state index contributed by atoms with van der Waals surface area (Å²) in [6, 6.07) is 16.0. The van der Waals surface area contributed by atoms with E-state index in [1.807, 2.05) is 44.2 Å². The molecule has 25 heavy (non-hydrogen) atoms. The zero-order valence-electron chi connectivity index (χ0n) is 14.3. The van der Waals surface area contributed by atoms with Crippen LogP contribution in [0.5, 0.6) is 0 Å². The van der Waals surface area contributed by atoms with Crippen LogP contribution in [0.3, 0.4) is 0 Å². The topological polar surface area (TPSA) is 90.5 Å². The Labute approximate surface area is 147 Å². The molecule has 2 aromatic rings. The van der Waals surface area contributed by atoms with Crippen molar-refractivity contribution in [2.45, 2.75) is 26.4 Å². The highest BCUT2D eigenvalue weighted by molar-refractivity contribution is 5.93. The molecule has 0 bridgehead atoms. The first kappa shape index (κ1) is 18.5. The van der Waals surface area contributed by atoms with E-state index >= 15 is 0 Å². The van der Waals surface area contributed by atoms with Gasteiger partial charge < -0.3 is 10.6 Å². The molecule has 3 amide bonds. The summed E-state index contributed by atoms with van der Waals surface area (Å²) in [4.78, 5) is 23.6. The van der Waals surface area contributed by atoms with Crippen LogP contribution in [0.4, 0.5) is 4.79 Å². The Morgan fingerprint density at radius 2 is 1.64 bits per heavy atom. The Balaban J connectivity index is 2.00. The average molecular weight is 341 g/mol. The van der Waals surface area contributed by atoms with Crippen molar-refractivity contribution >= 4 is 11.9 Å². The molecule has 0 spiro atoms. The number of carbonyl (C=O) groups excluding carboxylic acids is 2. The maximum atomic E-state index is 12.2. The Kier molecular flexibility index (Phi) is 6.54. The van der Waals surface area contributed by atoms with Gasteiger partial charge in [-0.1, -0.05) is 56.3 Å². The SMILES string of the molecule is CC(C)[C@@H](NC(=O)NCc1ccccc1)c1ccc(C(=O)NO)cc1. The normalized spacial score (nSPS) is 11.7. The summed E-state index contributed by atoms with van der Waals surface area (Å²) < 4.78 is 0. The lowest BCUT2D eigenvalue weighted by molar-refractivity contribution is 0.0706. The van der Waals surface area contributed by atoms with Crippen molar-refractivity contribution in [3.63, 3.8) is 0 Å². The number of hydroxylamine groups is 1. The predicted octanol–water partition coefficient (Wildman–Crippen LogP) is 3.00. The molecule has 0 aliphatic rings. The molecule has 6 heteroatoms. The van der Waals surface area contributed by atoms with Gasteiger partial charge in [-0.3, -0.25) is 10.0 Å². The van der Waals surface area contributed by atoms with Crippen LogP contribution in [0.1, 0.15) is 41.4 Å². The van der Waals surface area contributed by atoms with Crippen LogP contribution in [0, 0.1) is 5.92 Å². The van der Waals surface area contributed by atoms with Gasteiger partial charge in [0.15, 0.2) is 0 Å². The van der Waals surface area contributed by atoms with Crippen molar-refractivity contribution in [1.29, 1.82) is 0 Å². The molecule has 0 saturated heterocycles. The first-order valence-electron chi connectivity index (χ1n) is 8.14.